The molecule has 1 unspecified atom stereocenters. The van der Waals surface area contributed by atoms with Gasteiger partial charge < -0.3 is 10.5 Å². The van der Waals surface area contributed by atoms with E-state index in [0.29, 0.717) is 0 Å². The first kappa shape index (κ1) is 16.0. The van der Waals surface area contributed by atoms with Crippen molar-refractivity contribution in [2.24, 2.45) is 5.73 Å². The fourth-order valence-electron chi connectivity index (χ4n) is 0.859. The van der Waals surface area contributed by atoms with E-state index in [1.54, 1.807) is 26.3 Å². The van der Waals surface area contributed by atoms with Gasteiger partial charge in [-0.05, 0) is 33.7 Å². The van der Waals surface area contributed by atoms with Crippen LogP contribution in [-0.2, 0) is 9.57 Å². The van der Waals surface area contributed by atoms with Crippen LogP contribution in [0, 0.1) is 0 Å². The quantitative estimate of drug-likeness (QED) is 0.753. The molecule has 0 aliphatic heterocycles. The van der Waals surface area contributed by atoms with Gasteiger partial charge in [-0.1, -0.05) is 0 Å². The number of nitrogens with two attached hydrogens (primary N) is 1. The summed E-state index contributed by atoms with van der Waals surface area (Å²) in [6.45, 7) is 4.52. The second kappa shape index (κ2) is 6.06. The molecule has 0 aliphatic carbocycles. The number of hydroxylamine groups is 1. The van der Waals surface area contributed by atoms with Crippen molar-refractivity contribution in [1.82, 2.24) is 5.48 Å². The van der Waals surface area contributed by atoms with Crippen LogP contribution in [0.3, 0.4) is 0 Å². The smallest absolute Gasteiger partial charge is 0.431 e. The third-order valence-electron chi connectivity index (χ3n) is 1.48. The fourth-order valence-corrected chi connectivity index (χ4v) is 0.859. The minimum atomic E-state index is -4.59. The summed E-state index contributed by atoms with van der Waals surface area (Å²) in [7, 11) is 0. The summed E-state index contributed by atoms with van der Waals surface area (Å²) in [5, 5.41) is 0. The predicted octanol–water partition coefficient (Wildman–Crippen LogP) is 1.72. The highest BCUT2D eigenvalue weighted by Crippen LogP contribution is 2.24. The Morgan fingerprint density at radius 3 is 2.24 bits per heavy atom. The van der Waals surface area contributed by atoms with Crippen molar-refractivity contribution in [2.75, 3.05) is 6.54 Å². The van der Waals surface area contributed by atoms with Crippen molar-refractivity contribution in [3.8, 4) is 0 Å². The van der Waals surface area contributed by atoms with Gasteiger partial charge in [-0.2, -0.15) is 18.7 Å². The lowest BCUT2D eigenvalue weighted by Gasteiger charge is -2.22. The van der Waals surface area contributed by atoms with Crippen LogP contribution in [0.5, 0.6) is 0 Å². The number of ether oxygens (including phenoxy) is 1. The van der Waals surface area contributed by atoms with Crippen molar-refractivity contribution in [3.63, 3.8) is 0 Å². The molecule has 0 radical (unpaired) electrons. The van der Waals surface area contributed by atoms with Crippen LogP contribution < -0.4 is 11.2 Å². The molecule has 1 amide bonds. The highest BCUT2D eigenvalue weighted by Gasteiger charge is 2.41. The zero-order valence-corrected chi connectivity index (χ0v) is 9.93. The molecule has 8 heteroatoms. The number of alkyl halides is 3. The molecule has 0 aromatic carbocycles. The average Bonchev–Trinajstić information content (AvgIpc) is 2.07. The van der Waals surface area contributed by atoms with Crippen molar-refractivity contribution < 1.29 is 27.5 Å². The lowest BCUT2D eigenvalue weighted by Crippen LogP contribution is -2.41. The molecular formula is C9H17F3N2O3. The minimum Gasteiger partial charge on any atom is -0.442 e. The number of rotatable bonds is 4. The summed E-state index contributed by atoms with van der Waals surface area (Å²) in [6.07, 6.45) is -8.25. The van der Waals surface area contributed by atoms with Crippen LogP contribution in [0.1, 0.15) is 27.2 Å². The number of halogens is 3. The van der Waals surface area contributed by atoms with Gasteiger partial charge in [-0.3, -0.25) is 4.84 Å². The lowest BCUT2D eigenvalue weighted by molar-refractivity contribution is -0.235. The van der Waals surface area contributed by atoms with Crippen molar-refractivity contribution in [1.29, 1.82) is 0 Å². The largest absolute Gasteiger partial charge is 0.442 e. The molecule has 0 saturated carbocycles. The van der Waals surface area contributed by atoms with Gasteiger partial charge in [0.05, 0.1) is 0 Å². The Morgan fingerprint density at radius 1 is 1.35 bits per heavy atom. The second-order valence-electron chi connectivity index (χ2n) is 4.33. The summed E-state index contributed by atoms with van der Waals surface area (Å²) in [4.78, 5) is 15.3. The van der Waals surface area contributed by atoms with Gasteiger partial charge in [0.15, 0.2) is 6.10 Å². The summed E-state index contributed by atoms with van der Waals surface area (Å²) in [5.74, 6) is 0. The van der Waals surface area contributed by atoms with E-state index in [0.717, 1.165) is 0 Å². The van der Waals surface area contributed by atoms with Crippen molar-refractivity contribution >= 4 is 6.09 Å². The number of hydrogen-bond donors (Lipinski definition) is 2. The van der Waals surface area contributed by atoms with Gasteiger partial charge in [-0.15, -0.1) is 0 Å². The van der Waals surface area contributed by atoms with E-state index in [1.165, 1.54) is 0 Å². The Hall–Kier alpha value is -1.02. The number of amides is 1. The first-order valence-electron chi connectivity index (χ1n) is 4.97. The number of carbonyl (C=O) groups is 1. The lowest BCUT2D eigenvalue weighted by atomic mass is 10.2. The van der Waals surface area contributed by atoms with Gasteiger partial charge >= 0.3 is 12.3 Å². The molecule has 17 heavy (non-hydrogen) atoms. The Morgan fingerprint density at radius 2 is 1.88 bits per heavy atom. The molecule has 0 heterocycles. The SMILES string of the molecule is CC(C)(C)OC(=O)NOC(CCN)C(F)(F)F. The number of nitrogens with one attached hydrogen (secondary N) is 1. The number of hydrogen-bond acceptors (Lipinski definition) is 4. The zero-order valence-electron chi connectivity index (χ0n) is 9.93. The molecule has 0 aromatic rings. The third kappa shape index (κ3) is 7.81. The van der Waals surface area contributed by atoms with E-state index >= 15 is 0 Å². The molecule has 0 aromatic heterocycles. The van der Waals surface area contributed by atoms with E-state index in [4.69, 9.17) is 10.5 Å². The average molecular weight is 258 g/mol. The maximum absolute atomic E-state index is 12.3. The second-order valence-corrected chi connectivity index (χ2v) is 4.33. The van der Waals surface area contributed by atoms with Gasteiger partial charge in [-0.25, -0.2) is 4.79 Å². The predicted molar refractivity (Wildman–Crippen MR) is 54.0 cm³/mol. The molecular weight excluding hydrogens is 241 g/mol. The summed E-state index contributed by atoms with van der Waals surface area (Å²) >= 11 is 0. The minimum absolute atomic E-state index is 0.208. The topological polar surface area (TPSA) is 73.6 Å². The van der Waals surface area contributed by atoms with Crippen LogP contribution in [0.15, 0.2) is 0 Å². The highest BCUT2D eigenvalue weighted by atomic mass is 19.4. The molecule has 0 bridgehead atoms. The molecule has 0 aliphatic rings. The first-order valence-corrected chi connectivity index (χ1v) is 4.97. The standard InChI is InChI=1S/C9H17F3N2O3/c1-8(2,3)16-7(15)14-17-6(4-5-13)9(10,11)12/h6H,4-5,13H2,1-3H3,(H,14,15). The van der Waals surface area contributed by atoms with Gasteiger partial charge in [0.1, 0.15) is 5.60 Å². The summed E-state index contributed by atoms with van der Waals surface area (Å²) in [6, 6.07) is 0. The Kier molecular flexibility index (Phi) is 5.70. The highest BCUT2D eigenvalue weighted by molar-refractivity contribution is 5.66. The van der Waals surface area contributed by atoms with E-state index in [-0.39, 0.29) is 6.54 Å². The van der Waals surface area contributed by atoms with Gasteiger partial charge in [0.25, 0.3) is 0 Å². The van der Waals surface area contributed by atoms with Crippen LogP contribution in [0.2, 0.25) is 0 Å². The maximum atomic E-state index is 12.3. The van der Waals surface area contributed by atoms with Gasteiger partial charge in [0, 0.05) is 0 Å². The normalized spacial score (nSPS) is 14.3. The van der Waals surface area contributed by atoms with Crippen molar-refractivity contribution in [3.05, 3.63) is 0 Å². The third-order valence-corrected chi connectivity index (χ3v) is 1.48. The molecule has 1 atom stereocenters. The summed E-state index contributed by atoms with van der Waals surface area (Å²) in [5.41, 5.74) is 5.79. The monoisotopic (exact) mass is 258 g/mol. The van der Waals surface area contributed by atoms with E-state index in [9.17, 15) is 18.0 Å². The van der Waals surface area contributed by atoms with E-state index < -0.39 is 30.4 Å². The Bertz CT molecular complexity index is 251. The van der Waals surface area contributed by atoms with Crippen LogP contribution in [0.4, 0.5) is 18.0 Å². The number of carbonyl (C=O) groups excluding carboxylic acids is 1. The van der Waals surface area contributed by atoms with Crippen LogP contribution in [-0.4, -0.2) is 30.5 Å². The summed E-state index contributed by atoms with van der Waals surface area (Å²) < 4.78 is 41.7. The Balaban J connectivity index is 4.18. The molecule has 0 rings (SSSR count). The molecule has 0 saturated heterocycles. The Labute approximate surface area is 97.4 Å². The van der Waals surface area contributed by atoms with Crippen molar-refractivity contribution in [2.45, 2.75) is 45.1 Å². The van der Waals surface area contributed by atoms with E-state index in [1.807, 2.05) is 0 Å². The first-order chi connectivity index (χ1) is 7.56. The molecule has 0 fully saturated rings. The van der Waals surface area contributed by atoms with Gasteiger partial charge in [0.2, 0.25) is 0 Å². The zero-order chi connectivity index (χ0) is 13.7. The molecule has 102 valence electrons. The maximum Gasteiger partial charge on any atom is 0.431 e. The molecule has 3 N–H and O–H groups in total. The molecule has 0 spiro atoms. The van der Waals surface area contributed by atoms with E-state index in [2.05, 4.69) is 4.84 Å². The van der Waals surface area contributed by atoms with Crippen LogP contribution in [0.25, 0.3) is 0 Å². The van der Waals surface area contributed by atoms with Crippen LogP contribution >= 0.6 is 0 Å². The molecule has 5 nitrogen and oxygen atoms in total. The fraction of sp³-hybridized carbons (Fsp3) is 0.889.